The summed E-state index contributed by atoms with van der Waals surface area (Å²) in [6.45, 7) is 5.94. The fourth-order valence-corrected chi connectivity index (χ4v) is 4.07. The molecule has 5 heteroatoms. The fraction of sp³-hybridized carbons (Fsp3) is 0.333. The molecule has 0 aliphatic carbocycles. The lowest BCUT2D eigenvalue weighted by atomic mass is 9.89. The average Bonchev–Trinajstić information content (AvgIpc) is 3.32. The van der Waals surface area contributed by atoms with E-state index in [0.717, 1.165) is 31.9 Å². The molecule has 2 atom stereocenters. The molecule has 0 bridgehead atoms. The Morgan fingerprint density at radius 1 is 1.12 bits per heavy atom. The van der Waals surface area contributed by atoms with Crippen LogP contribution in [0.5, 0.6) is 0 Å². The molecule has 1 aliphatic heterocycles. The minimum atomic E-state index is 0.521. The van der Waals surface area contributed by atoms with E-state index in [9.17, 15) is 0 Å². The Labute approximate surface area is 154 Å². The molecule has 5 nitrogen and oxygen atoms in total. The van der Waals surface area contributed by atoms with Gasteiger partial charge >= 0.3 is 0 Å². The molecule has 2 heterocycles. The zero-order valence-electron chi connectivity index (χ0n) is 15.1. The van der Waals surface area contributed by atoms with Crippen LogP contribution in [0.15, 0.2) is 61.2 Å². The zero-order valence-corrected chi connectivity index (χ0v) is 15.1. The number of hydrogen-bond donors (Lipinski definition) is 1. The SMILES string of the molecule is Cc1cc(CN2C[C@@H](CN)[C@H](c3ccccc3)C2)ccc1-n1cncn1. The van der Waals surface area contributed by atoms with E-state index in [1.807, 2.05) is 4.68 Å². The zero-order chi connectivity index (χ0) is 17.9. The molecule has 1 aliphatic rings. The van der Waals surface area contributed by atoms with Crippen LogP contribution in [0.1, 0.15) is 22.6 Å². The first-order valence-electron chi connectivity index (χ1n) is 9.16. The Morgan fingerprint density at radius 3 is 2.65 bits per heavy atom. The number of aromatic nitrogens is 3. The molecule has 2 aromatic carbocycles. The summed E-state index contributed by atoms with van der Waals surface area (Å²) in [5, 5.41) is 4.23. The monoisotopic (exact) mass is 347 g/mol. The van der Waals surface area contributed by atoms with Gasteiger partial charge in [-0.05, 0) is 42.1 Å². The van der Waals surface area contributed by atoms with Gasteiger partial charge in [0.05, 0.1) is 5.69 Å². The van der Waals surface area contributed by atoms with Crippen molar-refractivity contribution in [3.63, 3.8) is 0 Å². The van der Waals surface area contributed by atoms with Crippen LogP contribution in [0, 0.1) is 12.8 Å². The minimum absolute atomic E-state index is 0.521. The number of nitrogens with two attached hydrogens (primary N) is 1. The lowest BCUT2D eigenvalue weighted by molar-refractivity contribution is 0.317. The summed E-state index contributed by atoms with van der Waals surface area (Å²) in [7, 11) is 0. The third kappa shape index (κ3) is 3.41. The fourth-order valence-electron chi connectivity index (χ4n) is 4.07. The Bertz CT molecular complexity index is 844. The van der Waals surface area contributed by atoms with E-state index in [1.165, 1.54) is 16.7 Å². The van der Waals surface area contributed by atoms with Crippen molar-refractivity contribution in [2.75, 3.05) is 19.6 Å². The van der Waals surface area contributed by atoms with Crippen LogP contribution in [0.25, 0.3) is 5.69 Å². The number of rotatable bonds is 5. The topological polar surface area (TPSA) is 60.0 Å². The summed E-state index contributed by atoms with van der Waals surface area (Å²) < 4.78 is 1.81. The molecule has 1 aromatic heterocycles. The number of hydrogen-bond acceptors (Lipinski definition) is 4. The van der Waals surface area contributed by atoms with Gasteiger partial charge in [-0.15, -0.1) is 0 Å². The van der Waals surface area contributed by atoms with Gasteiger partial charge in [-0.3, -0.25) is 4.90 Å². The van der Waals surface area contributed by atoms with E-state index in [4.69, 9.17) is 5.73 Å². The van der Waals surface area contributed by atoms with Crippen LogP contribution in [-0.2, 0) is 6.54 Å². The van der Waals surface area contributed by atoms with Crippen molar-refractivity contribution in [1.82, 2.24) is 19.7 Å². The summed E-state index contributed by atoms with van der Waals surface area (Å²) in [4.78, 5) is 6.56. The highest BCUT2D eigenvalue weighted by molar-refractivity contribution is 5.41. The maximum atomic E-state index is 6.07. The molecule has 1 fully saturated rings. The second kappa shape index (κ2) is 7.40. The van der Waals surface area contributed by atoms with Gasteiger partial charge in [-0.2, -0.15) is 5.10 Å². The van der Waals surface area contributed by atoms with Gasteiger partial charge in [0.1, 0.15) is 12.7 Å². The number of nitrogens with zero attached hydrogens (tertiary/aromatic N) is 4. The molecule has 3 aromatic rings. The first-order chi connectivity index (χ1) is 12.7. The lowest BCUT2D eigenvalue weighted by Crippen LogP contribution is -2.23. The predicted molar refractivity (Wildman–Crippen MR) is 103 cm³/mol. The van der Waals surface area contributed by atoms with Gasteiger partial charge in [0.2, 0.25) is 0 Å². The quantitative estimate of drug-likeness (QED) is 0.771. The van der Waals surface area contributed by atoms with Crippen LogP contribution < -0.4 is 5.73 Å². The third-order valence-electron chi connectivity index (χ3n) is 5.38. The number of aryl methyl sites for hydroxylation is 1. The summed E-state index contributed by atoms with van der Waals surface area (Å²) in [6, 6.07) is 17.4. The van der Waals surface area contributed by atoms with E-state index in [1.54, 1.807) is 12.7 Å². The van der Waals surface area contributed by atoms with Crippen molar-refractivity contribution in [2.24, 2.45) is 11.7 Å². The Kier molecular flexibility index (Phi) is 4.82. The first-order valence-corrected chi connectivity index (χ1v) is 9.16. The van der Waals surface area contributed by atoms with Crippen LogP contribution in [-0.4, -0.2) is 39.3 Å². The Hall–Kier alpha value is -2.50. The van der Waals surface area contributed by atoms with Crippen molar-refractivity contribution in [1.29, 1.82) is 0 Å². The van der Waals surface area contributed by atoms with Gasteiger partial charge < -0.3 is 5.73 Å². The molecular formula is C21H25N5. The minimum Gasteiger partial charge on any atom is -0.330 e. The van der Waals surface area contributed by atoms with Crippen molar-refractivity contribution in [3.05, 3.63) is 77.9 Å². The summed E-state index contributed by atoms with van der Waals surface area (Å²) >= 11 is 0. The van der Waals surface area contributed by atoms with E-state index in [-0.39, 0.29) is 0 Å². The summed E-state index contributed by atoms with van der Waals surface area (Å²) in [6.07, 6.45) is 3.30. The van der Waals surface area contributed by atoms with Crippen LogP contribution in [0.4, 0.5) is 0 Å². The molecule has 0 amide bonds. The highest BCUT2D eigenvalue weighted by Crippen LogP contribution is 2.33. The van der Waals surface area contributed by atoms with Gasteiger partial charge in [0.25, 0.3) is 0 Å². The molecule has 134 valence electrons. The molecule has 0 saturated carbocycles. The van der Waals surface area contributed by atoms with E-state index < -0.39 is 0 Å². The third-order valence-corrected chi connectivity index (χ3v) is 5.38. The van der Waals surface area contributed by atoms with Crippen molar-refractivity contribution in [2.45, 2.75) is 19.4 Å². The molecule has 26 heavy (non-hydrogen) atoms. The maximum Gasteiger partial charge on any atom is 0.138 e. The largest absolute Gasteiger partial charge is 0.330 e. The highest BCUT2D eigenvalue weighted by Gasteiger charge is 2.32. The normalized spacial score (nSPS) is 20.5. The predicted octanol–water partition coefficient (Wildman–Crippen LogP) is 2.75. The lowest BCUT2D eigenvalue weighted by Gasteiger charge is -2.17. The molecule has 0 spiro atoms. The van der Waals surface area contributed by atoms with E-state index in [0.29, 0.717) is 11.8 Å². The van der Waals surface area contributed by atoms with Crippen LogP contribution in [0.2, 0.25) is 0 Å². The van der Waals surface area contributed by atoms with Gasteiger partial charge in [0, 0.05) is 25.6 Å². The second-order valence-corrected chi connectivity index (χ2v) is 7.17. The van der Waals surface area contributed by atoms with Crippen molar-refractivity contribution < 1.29 is 0 Å². The first kappa shape index (κ1) is 16.9. The smallest absolute Gasteiger partial charge is 0.138 e. The molecular weight excluding hydrogens is 322 g/mol. The van der Waals surface area contributed by atoms with Crippen molar-refractivity contribution in [3.8, 4) is 5.69 Å². The average molecular weight is 347 g/mol. The van der Waals surface area contributed by atoms with Crippen LogP contribution >= 0.6 is 0 Å². The Morgan fingerprint density at radius 2 is 1.96 bits per heavy atom. The second-order valence-electron chi connectivity index (χ2n) is 7.17. The van der Waals surface area contributed by atoms with Gasteiger partial charge in [-0.25, -0.2) is 9.67 Å². The van der Waals surface area contributed by atoms with Crippen molar-refractivity contribution >= 4 is 0 Å². The van der Waals surface area contributed by atoms with Crippen LogP contribution in [0.3, 0.4) is 0 Å². The standard InChI is InChI=1S/C21H25N5/c1-16-9-17(7-8-21(16)26-15-23-14-24-26)11-25-12-19(10-22)20(13-25)18-5-3-2-4-6-18/h2-9,14-15,19-20H,10-13,22H2,1H3/t19-,20+/m1/s1. The summed E-state index contributed by atoms with van der Waals surface area (Å²) in [5.74, 6) is 1.05. The molecule has 0 radical (unpaired) electrons. The van der Waals surface area contributed by atoms with E-state index in [2.05, 4.69) is 70.4 Å². The van der Waals surface area contributed by atoms with Gasteiger partial charge in [-0.1, -0.05) is 42.5 Å². The highest BCUT2D eigenvalue weighted by atomic mass is 15.3. The number of likely N-dealkylation sites (tertiary alicyclic amines) is 1. The maximum absolute atomic E-state index is 6.07. The van der Waals surface area contributed by atoms with Gasteiger partial charge in [0.15, 0.2) is 0 Å². The molecule has 0 unspecified atom stereocenters. The Balaban J connectivity index is 1.48. The molecule has 4 rings (SSSR count). The summed E-state index contributed by atoms with van der Waals surface area (Å²) in [5.41, 5.74) is 11.1. The van der Waals surface area contributed by atoms with E-state index >= 15 is 0 Å². The number of benzene rings is 2. The molecule has 1 saturated heterocycles. The molecule has 2 N–H and O–H groups in total.